The minimum absolute atomic E-state index is 0.362. The van der Waals surface area contributed by atoms with Gasteiger partial charge in [-0.3, -0.25) is 13.9 Å². The van der Waals surface area contributed by atoms with E-state index >= 15 is 0 Å². The van der Waals surface area contributed by atoms with Gasteiger partial charge >= 0.3 is 5.69 Å². The van der Waals surface area contributed by atoms with Crippen LogP contribution < -0.4 is 11.2 Å². The average Bonchev–Trinajstić information content (AvgIpc) is 3.09. The van der Waals surface area contributed by atoms with Crippen LogP contribution in [0.15, 0.2) is 62.6 Å². The molecule has 0 N–H and O–H groups in total. The van der Waals surface area contributed by atoms with E-state index < -0.39 is 5.69 Å². The highest BCUT2D eigenvalue weighted by Gasteiger charge is 2.19. The molecule has 0 amide bonds. The molecule has 2 aromatic heterocycles. The van der Waals surface area contributed by atoms with Gasteiger partial charge in [0.25, 0.3) is 5.56 Å². The van der Waals surface area contributed by atoms with Crippen LogP contribution in [0.3, 0.4) is 0 Å². The molecule has 0 aliphatic heterocycles. The normalized spacial score (nSPS) is 11.0. The van der Waals surface area contributed by atoms with E-state index in [-0.39, 0.29) is 5.56 Å². The predicted octanol–water partition coefficient (Wildman–Crippen LogP) is 2.82. The van der Waals surface area contributed by atoms with Gasteiger partial charge in [-0.1, -0.05) is 46.1 Å². The van der Waals surface area contributed by atoms with Crippen LogP contribution in [0.25, 0.3) is 11.2 Å². The number of aromatic nitrogens is 4. The van der Waals surface area contributed by atoms with Crippen LogP contribution in [0.4, 0.5) is 0 Å². The minimum atomic E-state index is -0.402. The van der Waals surface area contributed by atoms with Gasteiger partial charge in [-0.25, -0.2) is 9.78 Å². The lowest BCUT2D eigenvalue weighted by molar-refractivity contribution is 0.700. The molecule has 4 rings (SSSR count). The summed E-state index contributed by atoms with van der Waals surface area (Å²) in [7, 11) is 3.11. The molecule has 0 saturated carbocycles. The lowest BCUT2D eigenvalue weighted by atomic mass is 10.1. The monoisotopic (exact) mass is 462 g/mol. The molecule has 2 heterocycles. The van der Waals surface area contributed by atoms with Crippen molar-refractivity contribution in [2.75, 3.05) is 0 Å². The summed E-state index contributed by atoms with van der Waals surface area (Å²) in [5.74, 6) is 3.33. The first kappa shape index (κ1) is 19.9. The van der Waals surface area contributed by atoms with Crippen LogP contribution in [-0.4, -0.2) is 18.7 Å². The molecule has 0 atom stereocenters. The number of rotatable bonds is 4. The smallest absolute Gasteiger partial charge is 0.317 e. The maximum atomic E-state index is 13.0. The molecule has 30 heavy (non-hydrogen) atoms. The summed E-state index contributed by atoms with van der Waals surface area (Å²) in [5.41, 5.74) is 2.80. The largest absolute Gasteiger partial charge is 0.332 e. The van der Waals surface area contributed by atoms with Crippen molar-refractivity contribution in [1.29, 1.82) is 0 Å². The number of halogens is 1. The van der Waals surface area contributed by atoms with E-state index in [1.807, 2.05) is 53.1 Å². The first-order valence-electron chi connectivity index (χ1n) is 9.34. The Balaban J connectivity index is 1.95. The summed E-state index contributed by atoms with van der Waals surface area (Å²) in [6.45, 7) is 0.452. The molecule has 0 aliphatic rings. The van der Waals surface area contributed by atoms with E-state index in [9.17, 15) is 9.59 Å². The first-order valence-corrected chi connectivity index (χ1v) is 10.1. The molecule has 0 spiro atoms. The standard InChI is InChI=1S/C23H19BrN4O2/c1-4-15-7-5-8-16(11-15)13-19-25-21-20(22(29)27(3)23(30)26(21)2)28(19)14-17-9-6-10-18(24)12-17/h1,5-12H,13-14H2,2-3H3. The van der Waals surface area contributed by atoms with E-state index in [4.69, 9.17) is 11.4 Å². The predicted molar refractivity (Wildman–Crippen MR) is 121 cm³/mol. The zero-order chi connectivity index (χ0) is 21.4. The van der Waals surface area contributed by atoms with Gasteiger partial charge in [0.1, 0.15) is 5.82 Å². The number of terminal acetylenes is 1. The molecule has 2 aromatic carbocycles. The Bertz CT molecular complexity index is 1440. The van der Waals surface area contributed by atoms with E-state index in [0.717, 1.165) is 25.7 Å². The molecule has 0 fully saturated rings. The maximum Gasteiger partial charge on any atom is 0.332 e. The molecule has 6 nitrogen and oxygen atoms in total. The van der Waals surface area contributed by atoms with Crippen molar-refractivity contribution in [2.45, 2.75) is 13.0 Å². The molecule has 0 bridgehead atoms. The summed E-state index contributed by atoms with van der Waals surface area (Å²) < 4.78 is 5.37. The van der Waals surface area contributed by atoms with Crippen LogP contribution >= 0.6 is 15.9 Å². The van der Waals surface area contributed by atoms with Gasteiger partial charge in [0.2, 0.25) is 0 Å². The highest BCUT2D eigenvalue weighted by Crippen LogP contribution is 2.19. The van der Waals surface area contributed by atoms with Gasteiger partial charge < -0.3 is 4.57 Å². The Morgan fingerprint density at radius 2 is 1.77 bits per heavy atom. The zero-order valence-electron chi connectivity index (χ0n) is 16.6. The van der Waals surface area contributed by atoms with E-state index in [2.05, 4.69) is 21.9 Å². The number of imidazole rings is 1. The van der Waals surface area contributed by atoms with Gasteiger partial charge in [0.15, 0.2) is 11.2 Å². The second-order valence-corrected chi connectivity index (χ2v) is 8.06. The fourth-order valence-corrected chi connectivity index (χ4v) is 4.02. The Labute approximate surface area is 181 Å². The van der Waals surface area contributed by atoms with Crippen LogP contribution in [-0.2, 0) is 27.1 Å². The summed E-state index contributed by atoms with van der Waals surface area (Å²) in [6, 6.07) is 15.6. The molecule has 150 valence electrons. The zero-order valence-corrected chi connectivity index (χ0v) is 18.2. The first-order chi connectivity index (χ1) is 14.4. The van der Waals surface area contributed by atoms with Crippen LogP contribution in [0.5, 0.6) is 0 Å². The number of hydrogen-bond donors (Lipinski definition) is 0. The Morgan fingerprint density at radius 3 is 2.50 bits per heavy atom. The highest BCUT2D eigenvalue weighted by molar-refractivity contribution is 9.10. The molecule has 7 heteroatoms. The van der Waals surface area contributed by atoms with Gasteiger partial charge in [-0.05, 0) is 35.4 Å². The average molecular weight is 463 g/mol. The third kappa shape index (κ3) is 3.51. The minimum Gasteiger partial charge on any atom is -0.317 e. The summed E-state index contributed by atoms with van der Waals surface area (Å²) in [4.78, 5) is 30.1. The van der Waals surface area contributed by atoms with Crippen LogP contribution in [0.2, 0.25) is 0 Å². The lowest BCUT2D eigenvalue weighted by Gasteiger charge is -2.11. The van der Waals surface area contributed by atoms with Crippen molar-refractivity contribution in [3.05, 3.63) is 96.4 Å². The van der Waals surface area contributed by atoms with Gasteiger partial charge in [-0.2, -0.15) is 0 Å². The quantitative estimate of drug-likeness (QED) is 0.438. The Morgan fingerprint density at radius 1 is 1.03 bits per heavy atom. The van der Waals surface area contributed by atoms with Crippen LogP contribution in [0.1, 0.15) is 22.5 Å². The van der Waals surface area contributed by atoms with Crippen LogP contribution in [0, 0.1) is 12.3 Å². The molecular weight excluding hydrogens is 444 g/mol. The molecule has 4 aromatic rings. The summed E-state index contributed by atoms with van der Waals surface area (Å²) >= 11 is 3.50. The van der Waals surface area contributed by atoms with E-state index in [1.165, 1.54) is 11.6 Å². The molecule has 0 aliphatic carbocycles. The number of aryl methyl sites for hydroxylation is 1. The Hall–Kier alpha value is -3.37. The number of hydrogen-bond acceptors (Lipinski definition) is 3. The lowest BCUT2D eigenvalue weighted by Crippen LogP contribution is -2.37. The topological polar surface area (TPSA) is 61.8 Å². The summed E-state index contributed by atoms with van der Waals surface area (Å²) in [5, 5.41) is 0. The number of fused-ring (bicyclic) bond motifs is 1. The molecule has 0 unspecified atom stereocenters. The fraction of sp³-hybridized carbons (Fsp3) is 0.174. The molecule has 0 saturated heterocycles. The fourth-order valence-electron chi connectivity index (χ4n) is 3.57. The summed E-state index contributed by atoms with van der Waals surface area (Å²) in [6.07, 6.45) is 6.02. The van der Waals surface area contributed by atoms with Crippen molar-refractivity contribution in [3.63, 3.8) is 0 Å². The van der Waals surface area contributed by atoms with E-state index in [1.54, 1.807) is 7.05 Å². The maximum absolute atomic E-state index is 13.0. The highest BCUT2D eigenvalue weighted by atomic mass is 79.9. The third-order valence-electron chi connectivity index (χ3n) is 5.11. The van der Waals surface area contributed by atoms with Crippen molar-refractivity contribution in [2.24, 2.45) is 14.1 Å². The van der Waals surface area contributed by atoms with Crippen molar-refractivity contribution in [3.8, 4) is 12.3 Å². The second kappa shape index (κ2) is 7.81. The van der Waals surface area contributed by atoms with Crippen molar-refractivity contribution < 1.29 is 0 Å². The third-order valence-corrected chi connectivity index (χ3v) is 5.61. The number of benzene rings is 2. The van der Waals surface area contributed by atoms with Gasteiger partial charge in [0.05, 0.1) is 0 Å². The number of nitrogens with zero attached hydrogens (tertiary/aromatic N) is 4. The molecule has 0 radical (unpaired) electrons. The Kier molecular flexibility index (Phi) is 5.18. The molecular formula is C23H19BrN4O2. The second-order valence-electron chi connectivity index (χ2n) is 7.14. The van der Waals surface area contributed by atoms with Crippen molar-refractivity contribution >= 4 is 27.1 Å². The SMILES string of the molecule is C#Cc1cccc(Cc2nc3c(c(=O)n(C)c(=O)n3C)n2Cc2cccc(Br)c2)c1. The van der Waals surface area contributed by atoms with Crippen molar-refractivity contribution in [1.82, 2.24) is 18.7 Å². The van der Waals surface area contributed by atoms with E-state index in [0.29, 0.717) is 30.0 Å². The van der Waals surface area contributed by atoms with Gasteiger partial charge in [0, 0.05) is 37.1 Å². The van der Waals surface area contributed by atoms with Gasteiger partial charge in [-0.15, -0.1) is 6.42 Å².